The van der Waals surface area contributed by atoms with Crippen LogP contribution in [0.3, 0.4) is 0 Å². The van der Waals surface area contributed by atoms with Crippen LogP contribution in [0, 0.1) is 0 Å². The SMILES string of the molecule is CCCCOc1cccc(NC(=O)c2ccc(OCc3ccccc3)cc2)c1. The van der Waals surface area contributed by atoms with E-state index in [4.69, 9.17) is 9.47 Å². The van der Waals surface area contributed by atoms with Crippen molar-refractivity contribution in [2.24, 2.45) is 0 Å². The van der Waals surface area contributed by atoms with Gasteiger partial charge in [-0.15, -0.1) is 0 Å². The van der Waals surface area contributed by atoms with Gasteiger partial charge in [-0.25, -0.2) is 0 Å². The fraction of sp³-hybridized carbons (Fsp3) is 0.208. The van der Waals surface area contributed by atoms with Gasteiger partial charge in [0.25, 0.3) is 5.91 Å². The Hall–Kier alpha value is -3.27. The summed E-state index contributed by atoms with van der Waals surface area (Å²) in [5, 5.41) is 2.91. The minimum Gasteiger partial charge on any atom is -0.494 e. The second-order valence-electron chi connectivity index (χ2n) is 6.48. The van der Waals surface area contributed by atoms with Gasteiger partial charge in [-0.2, -0.15) is 0 Å². The van der Waals surface area contributed by atoms with Crippen molar-refractivity contribution in [3.8, 4) is 11.5 Å². The van der Waals surface area contributed by atoms with E-state index in [0.717, 1.165) is 29.9 Å². The molecule has 0 aliphatic heterocycles. The van der Waals surface area contributed by atoms with Crippen molar-refractivity contribution in [1.82, 2.24) is 0 Å². The van der Waals surface area contributed by atoms with Gasteiger partial charge in [0.15, 0.2) is 0 Å². The number of amides is 1. The molecule has 1 amide bonds. The van der Waals surface area contributed by atoms with Crippen molar-refractivity contribution in [3.05, 3.63) is 90.0 Å². The zero-order valence-electron chi connectivity index (χ0n) is 16.1. The van der Waals surface area contributed by atoms with Crippen molar-refractivity contribution < 1.29 is 14.3 Å². The highest BCUT2D eigenvalue weighted by molar-refractivity contribution is 6.04. The summed E-state index contributed by atoms with van der Waals surface area (Å²) in [5.41, 5.74) is 2.39. The van der Waals surface area contributed by atoms with Gasteiger partial charge in [-0.1, -0.05) is 49.7 Å². The predicted octanol–water partition coefficient (Wildman–Crippen LogP) is 5.70. The number of unbranched alkanes of at least 4 members (excludes halogenated alkanes) is 1. The summed E-state index contributed by atoms with van der Waals surface area (Å²) < 4.78 is 11.4. The van der Waals surface area contributed by atoms with Crippen LogP contribution >= 0.6 is 0 Å². The first-order valence-corrected chi connectivity index (χ1v) is 9.55. The van der Waals surface area contributed by atoms with E-state index >= 15 is 0 Å². The van der Waals surface area contributed by atoms with Crippen molar-refractivity contribution in [2.75, 3.05) is 11.9 Å². The fourth-order valence-electron chi connectivity index (χ4n) is 2.64. The second kappa shape index (κ2) is 10.2. The molecule has 0 spiro atoms. The third kappa shape index (κ3) is 5.88. The average Bonchev–Trinajstić information content (AvgIpc) is 2.74. The smallest absolute Gasteiger partial charge is 0.255 e. The highest BCUT2D eigenvalue weighted by Crippen LogP contribution is 2.19. The van der Waals surface area contributed by atoms with Gasteiger partial charge in [-0.3, -0.25) is 4.79 Å². The molecule has 0 bridgehead atoms. The second-order valence-corrected chi connectivity index (χ2v) is 6.48. The van der Waals surface area contributed by atoms with Crippen LogP contribution in [-0.4, -0.2) is 12.5 Å². The summed E-state index contributed by atoms with van der Waals surface area (Å²) >= 11 is 0. The maximum absolute atomic E-state index is 12.5. The number of hydrogen-bond donors (Lipinski definition) is 1. The molecule has 3 aromatic carbocycles. The van der Waals surface area contributed by atoms with E-state index in [1.165, 1.54) is 0 Å². The zero-order chi connectivity index (χ0) is 19.6. The van der Waals surface area contributed by atoms with Crippen molar-refractivity contribution in [1.29, 1.82) is 0 Å². The number of hydrogen-bond acceptors (Lipinski definition) is 3. The lowest BCUT2D eigenvalue weighted by Gasteiger charge is -2.10. The molecule has 0 fully saturated rings. The van der Waals surface area contributed by atoms with Crippen LogP contribution in [0.15, 0.2) is 78.9 Å². The molecule has 0 aromatic heterocycles. The molecular formula is C24H25NO3. The number of ether oxygens (including phenoxy) is 2. The van der Waals surface area contributed by atoms with Crippen molar-refractivity contribution in [3.63, 3.8) is 0 Å². The standard InChI is InChI=1S/C24H25NO3/c1-2-3-16-27-23-11-7-10-21(17-23)25-24(26)20-12-14-22(15-13-20)28-18-19-8-5-4-6-9-19/h4-15,17H,2-3,16,18H2,1H3,(H,25,26). The molecule has 0 atom stereocenters. The molecule has 0 heterocycles. The Balaban J connectivity index is 1.55. The molecule has 3 rings (SSSR count). The van der Waals surface area contributed by atoms with Crippen LogP contribution in [0.25, 0.3) is 0 Å². The van der Waals surface area contributed by atoms with Crippen LogP contribution in [-0.2, 0) is 6.61 Å². The molecule has 3 aromatic rings. The van der Waals surface area contributed by atoms with E-state index < -0.39 is 0 Å². The maximum Gasteiger partial charge on any atom is 0.255 e. The predicted molar refractivity (Wildman–Crippen MR) is 112 cm³/mol. The van der Waals surface area contributed by atoms with Gasteiger partial charge in [0.1, 0.15) is 18.1 Å². The van der Waals surface area contributed by atoms with Crippen LogP contribution in [0.2, 0.25) is 0 Å². The number of benzene rings is 3. The molecule has 0 saturated heterocycles. The minimum atomic E-state index is -0.166. The van der Waals surface area contributed by atoms with Crippen LogP contribution in [0.1, 0.15) is 35.7 Å². The number of carbonyl (C=O) groups is 1. The number of rotatable bonds is 9. The molecule has 0 saturated carbocycles. The summed E-state index contributed by atoms with van der Waals surface area (Å²) in [7, 11) is 0. The van der Waals surface area contributed by atoms with Gasteiger partial charge in [0.05, 0.1) is 6.61 Å². The fourth-order valence-corrected chi connectivity index (χ4v) is 2.64. The summed E-state index contributed by atoms with van der Waals surface area (Å²) in [6.07, 6.45) is 2.09. The molecular weight excluding hydrogens is 350 g/mol. The average molecular weight is 375 g/mol. The van der Waals surface area contributed by atoms with Gasteiger partial charge >= 0.3 is 0 Å². The Morgan fingerprint density at radius 2 is 1.64 bits per heavy atom. The first-order valence-electron chi connectivity index (χ1n) is 9.55. The normalized spacial score (nSPS) is 10.3. The number of nitrogens with one attached hydrogen (secondary N) is 1. The van der Waals surface area contributed by atoms with Crippen LogP contribution in [0.5, 0.6) is 11.5 Å². The Labute approximate surface area is 166 Å². The van der Waals surface area contributed by atoms with E-state index in [0.29, 0.717) is 24.5 Å². The van der Waals surface area contributed by atoms with Gasteiger partial charge < -0.3 is 14.8 Å². The Kier molecular flexibility index (Phi) is 7.08. The highest BCUT2D eigenvalue weighted by Gasteiger charge is 2.07. The largest absolute Gasteiger partial charge is 0.494 e. The molecule has 0 unspecified atom stereocenters. The maximum atomic E-state index is 12.5. The summed E-state index contributed by atoms with van der Waals surface area (Å²) in [6, 6.07) is 24.6. The Bertz CT molecular complexity index is 876. The van der Waals surface area contributed by atoms with Crippen molar-refractivity contribution >= 4 is 11.6 Å². The molecule has 144 valence electrons. The number of anilines is 1. The van der Waals surface area contributed by atoms with Crippen molar-refractivity contribution in [2.45, 2.75) is 26.4 Å². The van der Waals surface area contributed by atoms with E-state index in [9.17, 15) is 4.79 Å². The van der Waals surface area contributed by atoms with E-state index in [2.05, 4.69) is 12.2 Å². The topological polar surface area (TPSA) is 47.6 Å². The molecule has 28 heavy (non-hydrogen) atoms. The Morgan fingerprint density at radius 3 is 2.39 bits per heavy atom. The summed E-state index contributed by atoms with van der Waals surface area (Å²) in [5.74, 6) is 1.32. The first kappa shape index (κ1) is 19.5. The molecule has 0 aliphatic carbocycles. The number of carbonyl (C=O) groups excluding carboxylic acids is 1. The lowest BCUT2D eigenvalue weighted by atomic mass is 10.2. The lowest BCUT2D eigenvalue weighted by Crippen LogP contribution is -2.11. The third-order valence-corrected chi connectivity index (χ3v) is 4.22. The molecule has 0 radical (unpaired) electrons. The minimum absolute atomic E-state index is 0.166. The molecule has 1 N–H and O–H groups in total. The monoisotopic (exact) mass is 375 g/mol. The summed E-state index contributed by atoms with van der Waals surface area (Å²) in [4.78, 5) is 12.5. The lowest BCUT2D eigenvalue weighted by molar-refractivity contribution is 0.102. The Morgan fingerprint density at radius 1 is 0.857 bits per heavy atom. The van der Waals surface area contributed by atoms with E-state index in [1.807, 2.05) is 66.7 Å². The highest BCUT2D eigenvalue weighted by atomic mass is 16.5. The first-order chi connectivity index (χ1) is 13.7. The van der Waals surface area contributed by atoms with Crippen LogP contribution < -0.4 is 14.8 Å². The summed E-state index contributed by atoms with van der Waals surface area (Å²) in [6.45, 7) is 3.30. The molecule has 0 aliphatic rings. The third-order valence-electron chi connectivity index (χ3n) is 4.22. The van der Waals surface area contributed by atoms with Gasteiger partial charge in [-0.05, 0) is 48.4 Å². The molecule has 4 nitrogen and oxygen atoms in total. The van der Waals surface area contributed by atoms with E-state index in [1.54, 1.807) is 12.1 Å². The van der Waals surface area contributed by atoms with E-state index in [-0.39, 0.29) is 5.91 Å². The quantitative estimate of drug-likeness (QED) is 0.488. The van der Waals surface area contributed by atoms with Crippen LogP contribution in [0.4, 0.5) is 5.69 Å². The van der Waals surface area contributed by atoms with Gasteiger partial charge in [0, 0.05) is 17.3 Å². The molecule has 4 heteroatoms. The van der Waals surface area contributed by atoms with Gasteiger partial charge in [0.2, 0.25) is 0 Å². The zero-order valence-corrected chi connectivity index (χ0v) is 16.1.